The molecule has 166 valence electrons. The van der Waals surface area contributed by atoms with Gasteiger partial charge in [-0.2, -0.15) is 0 Å². The van der Waals surface area contributed by atoms with Crippen LogP contribution in [0.4, 0.5) is 4.39 Å². The number of hydrogen-bond acceptors (Lipinski definition) is 3. The molecule has 0 aliphatic heterocycles. The number of nitrogens with zero attached hydrogens (tertiary/aromatic N) is 4. The zero-order valence-electron chi connectivity index (χ0n) is 17.8. The zero-order valence-corrected chi connectivity index (χ0v) is 20.2. The van der Waals surface area contributed by atoms with E-state index in [0.717, 1.165) is 48.2 Å². The van der Waals surface area contributed by atoms with Crippen LogP contribution in [0.5, 0.6) is 0 Å². The summed E-state index contributed by atoms with van der Waals surface area (Å²) < 4.78 is 16.2. The number of halogens is 4. The van der Waals surface area contributed by atoms with E-state index in [1.54, 1.807) is 6.07 Å². The first-order valence-electron chi connectivity index (χ1n) is 9.46. The third kappa shape index (κ3) is 6.50. The molecule has 3 aromatic rings. The highest BCUT2D eigenvalue weighted by molar-refractivity contribution is 6.30. The molecule has 0 amide bonds. The molecule has 0 fully saturated rings. The largest absolute Gasteiger partial charge is 0.310 e. The molecular formula is C22H30Cl3FN4. The molecule has 0 unspecified atom stereocenters. The standard InChI is InChI=1S/C22H28ClFN4.2ClH/c1-25(2)11-13-27(14-12-26(3)4)28-16-21(17-5-7-18(23)8-6-17)20-15-19(24)9-10-22(20)28;;/h5-10,15-16H,11-14H2,1-4H3;2*1H. The minimum atomic E-state index is -0.228. The zero-order chi connectivity index (χ0) is 20.3. The van der Waals surface area contributed by atoms with Crippen molar-refractivity contribution in [3.63, 3.8) is 0 Å². The van der Waals surface area contributed by atoms with Crippen LogP contribution in [0, 0.1) is 5.82 Å². The summed E-state index contributed by atoms with van der Waals surface area (Å²) in [5, 5.41) is 3.92. The predicted molar refractivity (Wildman–Crippen MR) is 132 cm³/mol. The fourth-order valence-corrected chi connectivity index (χ4v) is 3.36. The molecule has 1 aromatic heterocycles. The first-order chi connectivity index (χ1) is 13.3. The Balaban J connectivity index is 0.00000225. The molecular weight excluding hydrogens is 446 g/mol. The number of rotatable bonds is 8. The fourth-order valence-electron chi connectivity index (χ4n) is 3.24. The number of aromatic nitrogens is 1. The number of hydrogen-bond donors (Lipinski definition) is 0. The molecule has 0 spiro atoms. The Hall–Kier alpha value is -1.50. The van der Waals surface area contributed by atoms with Gasteiger partial charge >= 0.3 is 0 Å². The van der Waals surface area contributed by atoms with Gasteiger partial charge in [-0.1, -0.05) is 23.7 Å². The van der Waals surface area contributed by atoms with Crippen molar-refractivity contribution in [1.29, 1.82) is 0 Å². The highest BCUT2D eigenvalue weighted by Gasteiger charge is 2.16. The van der Waals surface area contributed by atoms with Crippen molar-refractivity contribution in [2.24, 2.45) is 0 Å². The normalized spacial score (nSPS) is 10.9. The smallest absolute Gasteiger partial charge is 0.123 e. The van der Waals surface area contributed by atoms with Gasteiger partial charge in [-0.3, -0.25) is 4.68 Å². The van der Waals surface area contributed by atoms with Crippen molar-refractivity contribution in [3.8, 4) is 11.1 Å². The van der Waals surface area contributed by atoms with Gasteiger partial charge in [0.2, 0.25) is 0 Å². The second-order valence-corrected chi connectivity index (χ2v) is 8.05. The summed E-state index contributed by atoms with van der Waals surface area (Å²) in [5.41, 5.74) is 3.04. The van der Waals surface area contributed by atoms with E-state index in [0.29, 0.717) is 5.02 Å². The van der Waals surface area contributed by atoms with Crippen molar-refractivity contribution in [2.75, 3.05) is 59.4 Å². The van der Waals surface area contributed by atoms with Crippen LogP contribution in [0.15, 0.2) is 48.7 Å². The summed E-state index contributed by atoms with van der Waals surface area (Å²) >= 11 is 6.06. The molecule has 30 heavy (non-hydrogen) atoms. The maximum Gasteiger partial charge on any atom is 0.123 e. The Labute approximate surface area is 196 Å². The van der Waals surface area contributed by atoms with Crippen LogP contribution in [0.2, 0.25) is 5.02 Å². The van der Waals surface area contributed by atoms with Crippen molar-refractivity contribution in [3.05, 3.63) is 59.5 Å². The summed E-state index contributed by atoms with van der Waals surface area (Å²) in [6.45, 7) is 3.62. The lowest BCUT2D eigenvalue weighted by Crippen LogP contribution is -2.43. The van der Waals surface area contributed by atoms with Gasteiger partial charge in [-0.15, -0.1) is 24.8 Å². The Morgan fingerprint density at radius 2 is 1.40 bits per heavy atom. The van der Waals surface area contributed by atoms with Gasteiger partial charge in [0, 0.05) is 48.3 Å². The van der Waals surface area contributed by atoms with Crippen LogP contribution in [0.1, 0.15) is 0 Å². The molecule has 2 aromatic carbocycles. The Kier molecular flexibility index (Phi) is 10.4. The maximum absolute atomic E-state index is 14.1. The Morgan fingerprint density at radius 3 is 1.93 bits per heavy atom. The summed E-state index contributed by atoms with van der Waals surface area (Å²) in [4.78, 5) is 4.35. The van der Waals surface area contributed by atoms with E-state index < -0.39 is 0 Å². The highest BCUT2D eigenvalue weighted by Crippen LogP contribution is 2.32. The molecule has 1 heterocycles. The lowest BCUT2D eigenvalue weighted by Gasteiger charge is -2.29. The molecule has 4 nitrogen and oxygen atoms in total. The molecule has 3 rings (SSSR count). The average Bonchev–Trinajstić information content (AvgIpc) is 3.00. The minimum absolute atomic E-state index is 0. The fraction of sp³-hybridized carbons (Fsp3) is 0.364. The van der Waals surface area contributed by atoms with E-state index in [1.807, 2.05) is 30.3 Å². The number of benzene rings is 2. The van der Waals surface area contributed by atoms with Gasteiger partial charge in [-0.05, 0) is 64.1 Å². The van der Waals surface area contributed by atoms with E-state index in [1.165, 1.54) is 6.07 Å². The highest BCUT2D eigenvalue weighted by atomic mass is 35.5. The van der Waals surface area contributed by atoms with Gasteiger partial charge in [0.1, 0.15) is 5.82 Å². The van der Waals surface area contributed by atoms with E-state index in [4.69, 9.17) is 11.6 Å². The van der Waals surface area contributed by atoms with Crippen molar-refractivity contribution in [1.82, 2.24) is 14.5 Å². The van der Waals surface area contributed by atoms with E-state index in [2.05, 4.69) is 53.9 Å². The lowest BCUT2D eigenvalue weighted by atomic mass is 10.1. The van der Waals surface area contributed by atoms with Crippen LogP contribution in [0.25, 0.3) is 22.0 Å². The van der Waals surface area contributed by atoms with Crippen LogP contribution >= 0.6 is 36.4 Å². The van der Waals surface area contributed by atoms with Gasteiger partial charge in [-0.25, -0.2) is 4.39 Å². The number of fused-ring (bicyclic) bond motifs is 1. The minimum Gasteiger partial charge on any atom is -0.310 e. The molecule has 0 aliphatic carbocycles. The van der Waals surface area contributed by atoms with Gasteiger partial charge in [0.05, 0.1) is 5.52 Å². The average molecular weight is 476 g/mol. The Bertz CT molecular complexity index is 914. The van der Waals surface area contributed by atoms with Crippen molar-refractivity contribution in [2.45, 2.75) is 0 Å². The predicted octanol–water partition coefficient (Wildman–Crippen LogP) is 5.01. The van der Waals surface area contributed by atoms with Gasteiger partial charge in [0.25, 0.3) is 0 Å². The first-order valence-corrected chi connectivity index (χ1v) is 9.84. The van der Waals surface area contributed by atoms with Crippen LogP contribution < -0.4 is 5.01 Å². The summed E-state index contributed by atoms with van der Waals surface area (Å²) in [6.07, 6.45) is 2.11. The number of likely N-dealkylation sites (N-methyl/N-ethyl adjacent to an activating group) is 2. The van der Waals surface area contributed by atoms with Crippen LogP contribution in [-0.2, 0) is 0 Å². The SMILES string of the molecule is CN(C)CCN(CCN(C)C)n1cc(-c2ccc(Cl)cc2)c2cc(F)ccc21.Cl.Cl. The molecule has 0 saturated heterocycles. The molecule has 0 N–H and O–H groups in total. The summed E-state index contributed by atoms with van der Waals surface area (Å²) in [5.74, 6) is -0.228. The van der Waals surface area contributed by atoms with Crippen molar-refractivity contribution >= 4 is 47.3 Å². The van der Waals surface area contributed by atoms with Crippen molar-refractivity contribution < 1.29 is 4.39 Å². The maximum atomic E-state index is 14.1. The molecule has 8 heteroatoms. The second-order valence-electron chi connectivity index (χ2n) is 7.62. The molecule has 0 atom stereocenters. The topological polar surface area (TPSA) is 14.7 Å². The molecule has 0 radical (unpaired) electrons. The first kappa shape index (κ1) is 26.5. The third-order valence-corrected chi connectivity index (χ3v) is 5.07. The van der Waals surface area contributed by atoms with Gasteiger partial charge < -0.3 is 14.8 Å². The van der Waals surface area contributed by atoms with Crippen LogP contribution in [0.3, 0.4) is 0 Å². The Morgan fingerprint density at radius 1 is 0.833 bits per heavy atom. The third-order valence-electron chi connectivity index (χ3n) is 4.82. The summed E-state index contributed by atoms with van der Waals surface area (Å²) in [6, 6.07) is 12.7. The van der Waals surface area contributed by atoms with E-state index in [-0.39, 0.29) is 30.6 Å². The summed E-state index contributed by atoms with van der Waals surface area (Å²) in [7, 11) is 8.30. The van der Waals surface area contributed by atoms with E-state index in [9.17, 15) is 4.39 Å². The quantitative estimate of drug-likeness (QED) is 0.455. The second kappa shape index (κ2) is 11.8. The molecule has 0 saturated carbocycles. The van der Waals surface area contributed by atoms with Crippen LogP contribution in [-0.4, -0.2) is 68.8 Å². The molecule has 0 aliphatic rings. The lowest BCUT2D eigenvalue weighted by molar-refractivity contribution is 0.368. The molecule has 0 bridgehead atoms. The van der Waals surface area contributed by atoms with Gasteiger partial charge in [0.15, 0.2) is 0 Å². The monoisotopic (exact) mass is 474 g/mol. The van der Waals surface area contributed by atoms with E-state index >= 15 is 0 Å².